The van der Waals surface area contributed by atoms with E-state index in [1.807, 2.05) is 0 Å². The van der Waals surface area contributed by atoms with Gasteiger partial charge >= 0.3 is 0 Å². The van der Waals surface area contributed by atoms with Gasteiger partial charge in [0.25, 0.3) is 0 Å². The summed E-state index contributed by atoms with van der Waals surface area (Å²) in [6, 6.07) is 0. The normalized spacial score (nSPS) is 56.2. The summed E-state index contributed by atoms with van der Waals surface area (Å²) in [5.41, 5.74) is 1.27. The average molecular weight is 132 g/mol. The van der Waals surface area contributed by atoms with Crippen molar-refractivity contribution in [3.05, 3.63) is 23.8 Å². The minimum Gasteiger partial charge on any atom is -0.299 e. The third-order valence-corrected chi connectivity index (χ3v) is 3.04. The van der Waals surface area contributed by atoms with Gasteiger partial charge in [0.2, 0.25) is 0 Å². The molecule has 0 aromatic carbocycles. The smallest absolute Gasteiger partial charge is 0.143 e. The van der Waals surface area contributed by atoms with Crippen LogP contribution in [0.1, 0.15) is 0 Å². The van der Waals surface area contributed by atoms with Gasteiger partial charge in [-0.05, 0) is 35.3 Å². The highest BCUT2D eigenvalue weighted by Crippen LogP contribution is 2.78. The van der Waals surface area contributed by atoms with Crippen molar-refractivity contribution in [3.63, 3.8) is 0 Å². The molecule has 0 spiro atoms. The predicted molar refractivity (Wildman–Crippen MR) is 37.2 cm³/mol. The first kappa shape index (κ1) is 4.89. The third-order valence-electron chi connectivity index (χ3n) is 3.04. The van der Waals surface area contributed by atoms with Crippen LogP contribution in [0.5, 0.6) is 0 Å². The van der Waals surface area contributed by atoms with Crippen LogP contribution in [-0.4, -0.2) is 6.29 Å². The Morgan fingerprint density at radius 2 is 2.20 bits per heavy atom. The van der Waals surface area contributed by atoms with Crippen molar-refractivity contribution in [1.29, 1.82) is 0 Å². The molecule has 10 heavy (non-hydrogen) atoms. The zero-order valence-electron chi connectivity index (χ0n) is 5.53. The first-order valence-corrected chi connectivity index (χ1v) is 3.77. The van der Waals surface area contributed by atoms with E-state index < -0.39 is 0 Å². The van der Waals surface area contributed by atoms with Crippen LogP contribution < -0.4 is 0 Å². The lowest BCUT2D eigenvalue weighted by atomic mass is 9.90. The first-order chi connectivity index (χ1) is 4.93. The van der Waals surface area contributed by atoms with Gasteiger partial charge in [0.1, 0.15) is 6.29 Å². The van der Waals surface area contributed by atoms with Crippen molar-refractivity contribution in [3.8, 4) is 0 Å². The Morgan fingerprint density at radius 3 is 2.80 bits per heavy atom. The van der Waals surface area contributed by atoms with E-state index in [-0.39, 0.29) is 0 Å². The quantitative estimate of drug-likeness (QED) is 0.386. The summed E-state index contributed by atoms with van der Waals surface area (Å²) in [5, 5.41) is 0. The molecule has 0 aromatic heterocycles. The number of hydrogen-bond donors (Lipinski definition) is 0. The van der Waals surface area contributed by atoms with Gasteiger partial charge in [-0.25, -0.2) is 0 Å². The number of fused-ring (bicyclic) bond motifs is 1. The van der Waals surface area contributed by atoms with Gasteiger partial charge in [0.15, 0.2) is 0 Å². The van der Waals surface area contributed by atoms with Gasteiger partial charge in [-0.15, -0.1) is 0 Å². The largest absolute Gasteiger partial charge is 0.299 e. The molecule has 2 atom stereocenters. The van der Waals surface area contributed by atoms with Gasteiger partial charge < -0.3 is 0 Å². The minimum absolute atomic E-state index is 0.792. The van der Waals surface area contributed by atoms with Crippen LogP contribution in [0, 0.1) is 23.7 Å². The van der Waals surface area contributed by atoms with Gasteiger partial charge in [-0.1, -0.05) is 12.2 Å². The molecular weight excluding hydrogens is 124 g/mol. The van der Waals surface area contributed by atoms with Crippen molar-refractivity contribution in [2.24, 2.45) is 23.7 Å². The molecule has 2 fully saturated rings. The van der Waals surface area contributed by atoms with Crippen LogP contribution in [-0.2, 0) is 4.79 Å². The molecule has 2 unspecified atom stereocenters. The first-order valence-electron chi connectivity index (χ1n) is 3.77. The average Bonchev–Trinajstić information content (AvgIpc) is 2.75. The molecule has 4 aliphatic carbocycles. The van der Waals surface area contributed by atoms with Crippen LogP contribution in [0.15, 0.2) is 23.8 Å². The Morgan fingerprint density at radius 1 is 1.40 bits per heavy atom. The van der Waals surface area contributed by atoms with E-state index in [1.165, 1.54) is 5.57 Å². The fourth-order valence-electron chi connectivity index (χ4n) is 2.36. The van der Waals surface area contributed by atoms with E-state index in [1.54, 1.807) is 6.08 Å². The second kappa shape index (κ2) is 1.26. The minimum atomic E-state index is 0.792. The van der Waals surface area contributed by atoms with Crippen molar-refractivity contribution in [1.82, 2.24) is 0 Å². The summed E-state index contributed by atoms with van der Waals surface area (Å²) >= 11 is 0. The summed E-state index contributed by atoms with van der Waals surface area (Å²) in [5.74, 6) is 3.61. The number of aldehydes is 1. The lowest BCUT2D eigenvalue weighted by Gasteiger charge is -2.14. The molecule has 0 amide bonds. The Balaban J connectivity index is 1.99. The molecule has 0 heterocycles. The lowest BCUT2D eigenvalue weighted by Crippen LogP contribution is -2.05. The molecule has 1 heteroatoms. The highest BCUT2D eigenvalue weighted by Gasteiger charge is 2.73. The Bertz CT molecular complexity index is 252. The summed E-state index contributed by atoms with van der Waals surface area (Å²) in [6.45, 7) is 0. The Kier molecular flexibility index (Phi) is 0.618. The van der Waals surface area contributed by atoms with Crippen LogP contribution in [0.2, 0.25) is 0 Å². The van der Waals surface area contributed by atoms with E-state index in [0.29, 0.717) is 0 Å². The molecule has 50 valence electrons. The summed E-state index contributed by atoms with van der Waals surface area (Å²) in [6.07, 6.45) is 6.98. The molecule has 4 aliphatic rings. The second-order valence-corrected chi connectivity index (χ2v) is 3.42. The number of rotatable bonds is 1. The molecule has 2 bridgehead atoms. The van der Waals surface area contributed by atoms with E-state index in [0.717, 1.165) is 30.0 Å². The monoisotopic (exact) mass is 132 g/mol. The second-order valence-electron chi connectivity index (χ2n) is 3.42. The topological polar surface area (TPSA) is 17.1 Å². The molecule has 0 aromatic rings. The van der Waals surface area contributed by atoms with Crippen LogP contribution >= 0.6 is 0 Å². The standard InChI is InChI=1S/C9H8O/c10-4-3-5-1-2-6-8-7(5)9(6)8/h1-4,6-9H/b5-3-. The fraction of sp³-hybridized carbons (Fsp3) is 0.444. The zero-order valence-corrected chi connectivity index (χ0v) is 5.53. The highest BCUT2D eigenvalue weighted by molar-refractivity contribution is 5.69. The van der Waals surface area contributed by atoms with Crippen LogP contribution in [0.4, 0.5) is 0 Å². The zero-order chi connectivity index (χ0) is 6.72. The van der Waals surface area contributed by atoms with E-state index in [4.69, 9.17) is 0 Å². The predicted octanol–water partition coefficient (Wildman–Crippen LogP) is 1.17. The highest BCUT2D eigenvalue weighted by atomic mass is 16.1. The molecule has 0 saturated heterocycles. The maximum Gasteiger partial charge on any atom is 0.143 e. The van der Waals surface area contributed by atoms with Crippen LogP contribution in [0.25, 0.3) is 0 Å². The van der Waals surface area contributed by atoms with Crippen molar-refractivity contribution >= 4 is 6.29 Å². The van der Waals surface area contributed by atoms with Crippen molar-refractivity contribution < 1.29 is 4.79 Å². The van der Waals surface area contributed by atoms with Crippen molar-refractivity contribution in [2.45, 2.75) is 0 Å². The number of carbonyl (C=O) groups is 1. The molecule has 0 aliphatic heterocycles. The number of hydrogen-bond acceptors (Lipinski definition) is 1. The molecule has 1 nitrogen and oxygen atoms in total. The van der Waals surface area contributed by atoms with E-state index in [9.17, 15) is 4.79 Å². The van der Waals surface area contributed by atoms with E-state index >= 15 is 0 Å². The number of carbonyl (C=O) groups excluding carboxylic acids is 1. The molecule has 2 saturated carbocycles. The molecular formula is C9H8O. The van der Waals surface area contributed by atoms with Gasteiger partial charge in [0, 0.05) is 0 Å². The maximum absolute atomic E-state index is 10.1. The van der Waals surface area contributed by atoms with Crippen LogP contribution in [0.3, 0.4) is 0 Å². The van der Waals surface area contributed by atoms with E-state index in [2.05, 4.69) is 12.2 Å². The summed E-state index contributed by atoms with van der Waals surface area (Å²) in [4.78, 5) is 10.1. The third kappa shape index (κ3) is 0.367. The summed E-state index contributed by atoms with van der Waals surface area (Å²) < 4.78 is 0. The van der Waals surface area contributed by atoms with Gasteiger partial charge in [0.05, 0.1) is 0 Å². The van der Waals surface area contributed by atoms with Gasteiger partial charge in [-0.2, -0.15) is 0 Å². The molecule has 0 radical (unpaired) electrons. The maximum atomic E-state index is 10.1. The fourth-order valence-corrected chi connectivity index (χ4v) is 2.36. The molecule has 0 N–H and O–H groups in total. The lowest BCUT2D eigenvalue weighted by molar-refractivity contribution is -0.104. The molecule has 4 rings (SSSR count). The van der Waals surface area contributed by atoms with Gasteiger partial charge in [-0.3, -0.25) is 4.79 Å². The Hall–Kier alpha value is -0.850. The SMILES string of the molecule is O=C/C=C1/C=CC2C3C1C23. The summed E-state index contributed by atoms with van der Waals surface area (Å²) in [7, 11) is 0. The van der Waals surface area contributed by atoms with Crippen molar-refractivity contribution in [2.75, 3.05) is 0 Å². The number of allylic oxidation sites excluding steroid dienone is 4. The Labute approximate surface area is 59.4 Å².